The lowest BCUT2D eigenvalue weighted by Gasteiger charge is -2.38. The van der Waals surface area contributed by atoms with E-state index >= 15 is 0 Å². The van der Waals surface area contributed by atoms with E-state index in [-0.39, 0.29) is 12.4 Å². The number of rotatable bonds is 5. The zero-order chi connectivity index (χ0) is 15.9. The Balaban J connectivity index is 0.00000208. The van der Waals surface area contributed by atoms with Crippen LogP contribution >= 0.6 is 12.4 Å². The molecule has 0 N–H and O–H groups in total. The van der Waals surface area contributed by atoms with Crippen molar-refractivity contribution in [3.05, 3.63) is 29.8 Å². The van der Waals surface area contributed by atoms with Gasteiger partial charge in [0, 0.05) is 18.2 Å². The van der Waals surface area contributed by atoms with E-state index in [0.29, 0.717) is 0 Å². The Morgan fingerprint density at radius 2 is 1.62 bits per heavy atom. The Morgan fingerprint density at radius 3 is 2.29 bits per heavy atom. The highest BCUT2D eigenvalue weighted by atomic mass is 35.5. The molecule has 2 aliphatic heterocycles. The van der Waals surface area contributed by atoms with Crippen molar-refractivity contribution in [1.29, 1.82) is 0 Å². The molecule has 0 saturated carbocycles. The summed E-state index contributed by atoms with van der Waals surface area (Å²) in [5.74, 6) is 1.06. The van der Waals surface area contributed by atoms with Gasteiger partial charge in [0.15, 0.2) is 0 Å². The fourth-order valence-electron chi connectivity index (χ4n) is 4.07. The molecule has 0 unspecified atom stereocenters. The lowest BCUT2D eigenvalue weighted by Crippen LogP contribution is -2.45. The van der Waals surface area contributed by atoms with Gasteiger partial charge in [-0.15, -0.1) is 12.4 Å². The van der Waals surface area contributed by atoms with Crippen molar-refractivity contribution in [2.45, 2.75) is 58.0 Å². The average Bonchev–Trinajstić information content (AvgIpc) is 2.87. The molecular weight excluding hydrogens is 320 g/mol. The highest BCUT2D eigenvalue weighted by molar-refractivity contribution is 5.85. The third-order valence-electron chi connectivity index (χ3n) is 5.38. The van der Waals surface area contributed by atoms with E-state index in [4.69, 9.17) is 4.74 Å². The second-order valence-electron chi connectivity index (χ2n) is 7.00. The number of likely N-dealkylation sites (tertiary alicyclic amines) is 2. The molecule has 2 aliphatic rings. The van der Waals surface area contributed by atoms with Crippen LogP contribution in [0.25, 0.3) is 0 Å². The molecule has 0 aliphatic carbocycles. The molecule has 1 aromatic carbocycles. The van der Waals surface area contributed by atoms with E-state index < -0.39 is 0 Å². The predicted molar refractivity (Wildman–Crippen MR) is 103 cm³/mol. The fourth-order valence-corrected chi connectivity index (χ4v) is 4.07. The lowest BCUT2D eigenvalue weighted by molar-refractivity contribution is 0.106. The molecule has 0 aromatic heterocycles. The number of ether oxygens (including phenoxy) is 1. The van der Waals surface area contributed by atoms with Crippen LogP contribution in [-0.4, -0.2) is 48.6 Å². The number of hydrogen-bond acceptors (Lipinski definition) is 3. The Hall–Kier alpha value is -0.770. The highest BCUT2D eigenvalue weighted by Crippen LogP contribution is 2.24. The van der Waals surface area contributed by atoms with Crippen LogP contribution in [0.4, 0.5) is 0 Å². The summed E-state index contributed by atoms with van der Waals surface area (Å²) < 4.78 is 5.77. The Kier molecular flexibility index (Phi) is 8.37. The molecule has 4 heteroatoms. The standard InChI is InChI=1S/C20H32N2O.ClH/c1-2-23-20-10-6-5-9-18(20)17-21-15-11-19(12-16-21)22-13-7-3-4-8-14-22;/h5-6,9-10,19H,2-4,7-8,11-17H2,1H3;1H. The van der Waals surface area contributed by atoms with Gasteiger partial charge >= 0.3 is 0 Å². The van der Waals surface area contributed by atoms with E-state index in [2.05, 4.69) is 41.0 Å². The Bertz CT molecular complexity index is 466. The minimum atomic E-state index is 0. The first kappa shape index (κ1) is 19.6. The second-order valence-corrected chi connectivity index (χ2v) is 7.00. The van der Waals surface area contributed by atoms with Crippen molar-refractivity contribution in [3.63, 3.8) is 0 Å². The first-order chi connectivity index (χ1) is 11.4. The molecule has 0 atom stereocenters. The Morgan fingerprint density at radius 1 is 0.958 bits per heavy atom. The zero-order valence-corrected chi connectivity index (χ0v) is 15.9. The largest absolute Gasteiger partial charge is 0.494 e. The van der Waals surface area contributed by atoms with Gasteiger partial charge in [-0.25, -0.2) is 0 Å². The molecular formula is C20H33ClN2O. The molecule has 2 fully saturated rings. The third-order valence-corrected chi connectivity index (χ3v) is 5.38. The van der Waals surface area contributed by atoms with Crippen molar-refractivity contribution in [2.75, 3.05) is 32.8 Å². The average molecular weight is 353 g/mol. The first-order valence-corrected chi connectivity index (χ1v) is 9.54. The van der Waals surface area contributed by atoms with Crippen molar-refractivity contribution >= 4 is 12.4 Å². The maximum absolute atomic E-state index is 5.77. The number of hydrogen-bond donors (Lipinski definition) is 0. The number of nitrogens with zero attached hydrogens (tertiary/aromatic N) is 2. The summed E-state index contributed by atoms with van der Waals surface area (Å²) in [5, 5.41) is 0. The molecule has 0 radical (unpaired) electrons. The number of halogens is 1. The van der Waals surface area contributed by atoms with Gasteiger partial charge in [-0.2, -0.15) is 0 Å². The number of benzene rings is 1. The van der Waals surface area contributed by atoms with Gasteiger partial charge < -0.3 is 9.64 Å². The molecule has 3 nitrogen and oxygen atoms in total. The highest BCUT2D eigenvalue weighted by Gasteiger charge is 2.25. The van der Waals surface area contributed by atoms with Gasteiger partial charge in [-0.3, -0.25) is 4.90 Å². The third kappa shape index (κ3) is 5.37. The molecule has 3 rings (SSSR count). The van der Waals surface area contributed by atoms with E-state index in [9.17, 15) is 0 Å². The smallest absolute Gasteiger partial charge is 0.123 e. The summed E-state index contributed by atoms with van der Waals surface area (Å²) in [6, 6.07) is 9.34. The summed E-state index contributed by atoms with van der Waals surface area (Å²) in [7, 11) is 0. The van der Waals surface area contributed by atoms with E-state index in [0.717, 1.165) is 24.9 Å². The van der Waals surface area contributed by atoms with Crippen LogP contribution in [-0.2, 0) is 6.54 Å². The van der Waals surface area contributed by atoms with Gasteiger partial charge in [-0.05, 0) is 64.9 Å². The summed E-state index contributed by atoms with van der Waals surface area (Å²) >= 11 is 0. The van der Waals surface area contributed by atoms with Crippen LogP contribution in [0, 0.1) is 0 Å². The van der Waals surface area contributed by atoms with Crippen LogP contribution in [0.5, 0.6) is 5.75 Å². The van der Waals surface area contributed by atoms with E-state index in [1.807, 2.05) is 0 Å². The van der Waals surface area contributed by atoms with E-state index in [1.54, 1.807) is 0 Å². The molecule has 2 heterocycles. The fraction of sp³-hybridized carbons (Fsp3) is 0.700. The lowest BCUT2D eigenvalue weighted by atomic mass is 10.0. The quantitative estimate of drug-likeness (QED) is 0.783. The minimum absolute atomic E-state index is 0. The maximum atomic E-state index is 5.77. The molecule has 136 valence electrons. The van der Waals surface area contributed by atoms with Crippen molar-refractivity contribution < 1.29 is 4.74 Å². The van der Waals surface area contributed by atoms with Gasteiger partial charge in [0.1, 0.15) is 5.75 Å². The SMILES string of the molecule is CCOc1ccccc1CN1CCC(N2CCCCCC2)CC1.Cl. The first-order valence-electron chi connectivity index (χ1n) is 9.54. The van der Waals surface area contributed by atoms with Crippen molar-refractivity contribution in [2.24, 2.45) is 0 Å². The van der Waals surface area contributed by atoms with Crippen LogP contribution in [0.3, 0.4) is 0 Å². The molecule has 0 spiro atoms. The van der Waals surface area contributed by atoms with Gasteiger partial charge in [-0.1, -0.05) is 31.0 Å². The maximum Gasteiger partial charge on any atom is 0.123 e. The number of para-hydroxylation sites is 1. The number of piperidine rings is 1. The Labute approximate surface area is 153 Å². The van der Waals surface area contributed by atoms with Crippen LogP contribution in [0.1, 0.15) is 51.0 Å². The molecule has 24 heavy (non-hydrogen) atoms. The minimum Gasteiger partial charge on any atom is -0.494 e. The normalized spacial score (nSPS) is 21.0. The summed E-state index contributed by atoms with van der Waals surface area (Å²) in [6.45, 7) is 8.94. The molecule has 2 saturated heterocycles. The van der Waals surface area contributed by atoms with Crippen LogP contribution in [0.2, 0.25) is 0 Å². The van der Waals surface area contributed by atoms with Gasteiger partial charge in [0.2, 0.25) is 0 Å². The predicted octanol–water partition coefficient (Wildman–Crippen LogP) is 4.35. The molecule has 0 bridgehead atoms. The summed E-state index contributed by atoms with van der Waals surface area (Å²) in [6.07, 6.45) is 8.34. The van der Waals surface area contributed by atoms with Gasteiger partial charge in [0.25, 0.3) is 0 Å². The van der Waals surface area contributed by atoms with Crippen molar-refractivity contribution in [3.8, 4) is 5.75 Å². The summed E-state index contributed by atoms with van der Waals surface area (Å²) in [4.78, 5) is 5.38. The second kappa shape index (κ2) is 10.3. The van der Waals surface area contributed by atoms with Crippen molar-refractivity contribution in [1.82, 2.24) is 9.80 Å². The summed E-state index contributed by atoms with van der Waals surface area (Å²) in [5.41, 5.74) is 1.34. The van der Waals surface area contributed by atoms with Crippen LogP contribution < -0.4 is 4.74 Å². The van der Waals surface area contributed by atoms with Crippen LogP contribution in [0.15, 0.2) is 24.3 Å². The molecule has 0 amide bonds. The zero-order valence-electron chi connectivity index (χ0n) is 15.1. The monoisotopic (exact) mass is 352 g/mol. The topological polar surface area (TPSA) is 15.7 Å². The molecule has 1 aromatic rings. The van der Waals surface area contributed by atoms with Gasteiger partial charge in [0.05, 0.1) is 6.61 Å². The van der Waals surface area contributed by atoms with E-state index in [1.165, 1.54) is 70.3 Å².